The molecule has 1 unspecified atom stereocenters. The second-order valence-corrected chi connectivity index (χ2v) is 8.35. The third kappa shape index (κ3) is 3.53. The van der Waals surface area contributed by atoms with Crippen molar-refractivity contribution in [2.24, 2.45) is 11.8 Å². The van der Waals surface area contributed by atoms with Gasteiger partial charge in [0.2, 0.25) is 0 Å². The number of Topliss-reactive ketones (excluding diaryl/α,β-unsaturated/α-hetero) is 1. The van der Waals surface area contributed by atoms with E-state index in [2.05, 4.69) is 0 Å². The Morgan fingerprint density at radius 3 is 2.71 bits per heavy atom. The molecule has 1 aliphatic carbocycles. The van der Waals surface area contributed by atoms with Crippen LogP contribution in [-0.2, 0) is 9.53 Å². The molecule has 1 aromatic carbocycles. The Hall–Kier alpha value is -1.29. The van der Waals surface area contributed by atoms with Gasteiger partial charge in [-0.05, 0) is 57.2 Å². The molecule has 3 rings (SSSR count). The second kappa shape index (κ2) is 7.30. The minimum absolute atomic E-state index is 0.111. The third-order valence-corrected chi connectivity index (χ3v) is 6.42. The Morgan fingerprint density at radius 1 is 1.21 bits per heavy atom. The zero-order valence-electron chi connectivity index (χ0n) is 14.7. The van der Waals surface area contributed by atoms with E-state index in [1.807, 2.05) is 39.0 Å². The Balaban J connectivity index is 1.85. The number of hydrogen-bond acceptors (Lipinski definition) is 4. The molecule has 0 bridgehead atoms. The Kier molecular flexibility index (Phi) is 5.33. The Bertz CT molecular complexity index is 638. The van der Waals surface area contributed by atoms with Gasteiger partial charge in [-0.25, -0.2) is 0 Å². The molecule has 0 radical (unpaired) electrons. The largest absolute Gasteiger partial charge is 0.463 e. The number of thioether (sulfide) groups is 1. The molecule has 2 aliphatic rings. The summed E-state index contributed by atoms with van der Waals surface area (Å²) in [7, 11) is 0. The van der Waals surface area contributed by atoms with Gasteiger partial charge in [0.05, 0.1) is 12.0 Å². The zero-order valence-corrected chi connectivity index (χ0v) is 15.5. The van der Waals surface area contributed by atoms with Crippen LogP contribution in [0.15, 0.2) is 23.1 Å². The van der Waals surface area contributed by atoms with Crippen LogP contribution in [0.3, 0.4) is 0 Å². The summed E-state index contributed by atoms with van der Waals surface area (Å²) in [4.78, 5) is 26.1. The Labute approximate surface area is 148 Å². The molecule has 0 amide bonds. The van der Waals surface area contributed by atoms with Gasteiger partial charge in [-0.3, -0.25) is 9.59 Å². The molecule has 3 atom stereocenters. The summed E-state index contributed by atoms with van der Waals surface area (Å²) in [6.45, 7) is 5.59. The van der Waals surface area contributed by atoms with Crippen LogP contribution in [0.2, 0.25) is 0 Å². The predicted octanol–water partition coefficient (Wildman–Crippen LogP) is 4.84. The number of esters is 1. The van der Waals surface area contributed by atoms with Crippen LogP contribution in [0.4, 0.5) is 0 Å². The minimum Gasteiger partial charge on any atom is -0.463 e. The smallest absolute Gasteiger partial charge is 0.313 e. The predicted molar refractivity (Wildman–Crippen MR) is 96.6 cm³/mol. The summed E-state index contributed by atoms with van der Waals surface area (Å²) in [6, 6.07) is 5.88. The molecular weight excluding hydrogens is 320 g/mol. The van der Waals surface area contributed by atoms with E-state index in [9.17, 15) is 9.59 Å². The molecular formula is C20H26O3S. The zero-order chi connectivity index (χ0) is 17.3. The fraction of sp³-hybridized carbons (Fsp3) is 0.600. The lowest BCUT2D eigenvalue weighted by atomic mass is 9.76. The van der Waals surface area contributed by atoms with E-state index in [1.165, 1.54) is 19.3 Å². The molecule has 1 aliphatic heterocycles. The van der Waals surface area contributed by atoms with E-state index in [-0.39, 0.29) is 23.9 Å². The van der Waals surface area contributed by atoms with Crippen molar-refractivity contribution in [1.29, 1.82) is 0 Å². The first kappa shape index (κ1) is 17.5. The first-order chi connectivity index (χ1) is 11.5. The van der Waals surface area contributed by atoms with E-state index < -0.39 is 0 Å². The van der Waals surface area contributed by atoms with Crippen molar-refractivity contribution in [2.45, 2.75) is 63.4 Å². The van der Waals surface area contributed by atoms with Gasteiger partial charge in [0.15, 0.2) is 5.78 Å². The number of rotatable bonds is 3. The number of carbonyl (C=O) groups is 2. The highest BCUT2D eigenvalue weighted by atomic mass is 32.2. The van der Waals surface area contributed by atoms with Crippen LogP contribution in [0.1, 0.15) is 68.3 Å². The second-order valence-electron chi connectivity index (χ2n) is 7.29. The van der Waals surface area contributed by atoms with Gasteiger partial charge in [-0.15, -0.1) is 11.8 Å². The highest BCUT2D eigenvalue weighted by Gasteiger charge is 2.35. The van der Waals surface area contributed by atoms with Gasteiger partial charge in [-0.2, -0.15) is 0 Å². The fourth-order valence-electron chi connectivity index (χ4n) is 3.75. The summed E-state index contributed by atoms with van der Waals surface area (Å²) in [5.74, 6) is 1.51. The standard InChI is InChI=1S/C20H26O3S/c1-12(2)23-20(22)13(3)14-8-9-17-18(10-14)24-11-15-6-4-5-7-16(15)19(17)21/h8-10,12-13,15-16H,4-7,11H2,1-3H3/t13?,15-,16+/m0/s1. The summed E-state index contributed by atoms with van der Waals surface area (Å²) < 4.78 is 5.32. The fourth-order valence-corrected chi connectivity index (χ4v) is 5.09. The molecule has 1 heterocycles. The first-order valence-corrected chi connectivity index (χ1v) is 9.97. The van der Waals surface area contributed by atoms with E-state index in [1.54, 1.807) is 11.8 Å². The first-order valence-electron chi connectivity index (χ1n) is 8.99. The molecule has 1 fully saturated rings. The normalized spacial score (nSPS) is 24.8. The number of carbonyl (C=O) groups excluding carboxylic acids is 2. The van der Waals surface area contributed by atoms with Crippen molar-refractivity contribution in [3.05, 3.63) is 29.3 Å². The lowest BCUT2D eigenvalue weighted by molar-refractivity contribution is -0.148. The average molecular weight is 346 g/mol. The lowest BCUT2D eigenvalue weighted by Gasteiger charge is -2.28. The van der Waals surface area contributed by atoms with Gasteiger partial charge in [-0.1, -0.05) is 18.9 Å². The van der Waals surface area contributed by atoms with Crippen LogP contribution in [0.5, 0.6) is 0 Å². The number of benzene rings is 1. The number of hydrogen-bond donors (Lipinski definition) is 0. The van der Waals surface area contributed by atoms with Crippen molar-refractivity contribution in [3.63, 3.8) is 0 Å². The minimum atomic E-state index is -0.307. The summed E-state index contributed by atoms with van der Waals surface area (Å²) in [6.07, 6.45) is 4.50. The van der Waals surface area contributed by atoms with Crippen LogP contribution in [0.25, 0.3) is 0 Å². The van der Waals surface area contributed by atoms with E-state index in [0.29, 0.717) is 11.7 Å². The van der Waals surface area contributed by atoms with Gasteiger partial charge in [0.1, 0.15) is 0 Å². The maximum absolute atomic E-state index is 12.9. The van der Waals surface area contributed by atoms with Crippen LogP contribution in [0, 0.1) is 11.8 Å². The summed E-state index contributed by atoms with van der Waals surface area (Å²) >= 11 is 1.78. The summed E-state index contributed by atoms with van der Waals surface area (Å²) in [5, 5.41) is 0. The van der Waals surface area contributed by atoms with Crippen molar-refractivity contribution in [1.82, 2.24) is 0 Å². The van der Waals surface area contributed by atoms with E-state index in [0.717, 1.165) is 28.2 Å². The molecule has 130 valence electrons. The Morgan fingerprint density at radius 2 is 1.96 bits per heavy atom. The molecule has 0 spiro atoms. The van der Waals surface area contributed by atoms with Gasteiger partial charge >= 0.3 is 5.97 Å². The maximum atomic E-state index is 12.9. The van der Waals surface area contributed by atoms with E-state index >= 15 is 0 Å². The van der Waals surface area contributed by atoms with Crippen molar-refractivity contribution < 1.29 is 14.3 Å². The summed E-state index contributed by atoms with van der Waals surface area (Å²) in [5.41, 5.74) is 1.78. The molecule has 24 heavy (non-hydrogen) atoms. The average Bonchev–Trinajstić information content (AvgIpc) is 2.71. The molecule has 0 saturated heterocycles. The topological polar surface area (TPSA) is 43.4 Å². The third-order valence-electron chi connectivity index (χ3n) is 5.18. The highest BCUT2D eigenvalue weighted by molar-refractivity contribution is 7.99. The maximum Gasteiger partial charge on any atom is 0.313 e. The molecule has 3 nitrogen and oxygen atoms in total. The highest BCUT2D eigenvalue weighted by Crippen LogP contribution is 2.42. The number of ketones is 1. The molecule has 1 aromatic rings. The van der Waals surface area contributed by atoms with E-state index in [4.69, 9.17) is 4.74 Å². The quantitative estimate of drug-likeness (QED) is 0.735. The van der Waals surface area contributed by atoms with Crippen molar-refractivity contribution >= 4 is 23.5 Å². The molecule has 0 aromatic heterocycles. The SMILES string of the molecule is CC(C)OC(=O)C(C)c1ccc2c(c1)SC[C@@H]1CCCC[C@H]1C2=O. The molecule has 1 saturated carbocycles. The molecule has 4 heteroatoms. The van der Waals surface area contributed by atoms with Gasteiger partial charge in [0, 0.05) is 22.1 Å². The van der Waals surface area contributed by atoms with Crippen LogP contribution in [-0.4, -0.2) is 23.6 Å². The van der Waals surface area contributed by atoms with Gasteiger partial charge < -0.3 is 4.74 Å². The number of fused-ring (bicyclic) bond motifs is 2. The van der Waals surface area contributed by atoms with Crippen LogP contribution >= 0.6 is 11.8 Å². The molecule has 0 N–H and O–H groups in total. The van der Waals surface area contributed by atoms with Crippen LogP contribution < -0.4 is 0 Å². The van der Waals surface area contributed by atoms with Crippen molar-refractivity contribution in [3.8, 4) is 0 Å². The lowest BCUT2D eigenvalue weighted by Crippen LogP contribution is -2.27. The van der Waals surface area contributed by atoms with Crippen molar-refractivity contribution in [2.75, 3.05) is 5.75 Å². The van der Waals surface area contributed by atoms with Gasteiger partial charge in [0.25, 0.3) is 0 Å². The number of ether oxygens (including phenoxy) is 1. The monoisotopic (exact) mass is 346 g/mol.